The predicted molar refractivity (Wildman–Crippen MR) is 141 cm³/mol. The number of nitrogens with one attached hydrogen (secondary N) is 1. The van der Waals surface area contributed by atoms with E-state index in [1.165, 1.54) is 24.3 Å². The molecule has 0 spiro atoms. The van der Waals surface area contributed by atoms with Gasteiger partial charge in [-0.3, -0.25) is 14.9 Å². The maximum absolute atomic E-state index is 13.6. The maximum atomic E-state index is 13.6. The van der Waals surface area contributed by atoms with Gasteiger partial charge >= 0.3 is 5.97 Å². The molecule has 1 aliphatic carbocycles. The molecule has 0 fully saturated rings. The number of thioether (sulfide) groups is 1. The highest BCUT2D eigenvalue weighted by molar-refractivity contribution is 8.00. The Morgan fingerprint density at radius 1 is 0.892 bits per heavy atom. The van der Waals surface area contributed by atoms with Crippen molar-refractivity contribution >= 4 is 40.6 Å². The fourth-order valence-electron chi connectivity index (χ4n) is 4.54. The number of benzene rings is 4. The zero-order valence-corrected chi connectivity index (χ0v) is 20.0. The molecule has 37 heavy (non-hydrogen) atoms. The minimum Gasteiger partial charge on any atom is -0.423 e. The Morgan fingerprint density at radius 3 is 2.41 bits per heavy atom. The third kappa shape index (κ3) is 4.07. The molecular weight excluding hydrogens is 488 g/mol. The van der Waals surface area contributed by atoms with Crippen LogP contribution in [0, 0.1) is 10.1 Å². The van der Waals surface area contributed by atoms with Crippen LogP contribution in [0.3, 0.4) is 0 Å². The van der Waals surface area contributed by atoms with Gasteiger partial charge < -0.3 is 10.1 Å². The van der Waals surface area contributed by atoms with E-state index in [9.17, 15) is 19.7 Å². The molecule has 8 heteroatoms. The first-order chi connectivity index (χ1) is 18.0. The number of fused-ring (bicyclic) bond motifs is 3. The van der Waals surface area contributed by atoms with Crippen molar-refractivity contribution in [3.63, 3.8) is 0 Å². The largest absolute Gasteiger partial charge is 0.423 e. The molecule has 1 atom stereocenters. The summed E-state index contributed by atoms with van der Waals surface area (Å²) in [6, 6.07) is 27.8. The number of carbonyl (C=O) groups is 2. The van der Waals surface area contributed by atoms with Crippen molar-refractivity contribution in [1.29, 1.82) is 0 Å². The number of anilines is 1. The van der Waals surface area contributed by atoms with E-state index in [-0.39, 0.29) is 22.3 Å². The predicted octanol–water partition coefficient (Wildman–Crippen LogP) is 6.68. The summed E-state index contributed by atoms with van der Waals surface area (Å²) in [5.74, 6) is -0.342. The smallest absolute Gasteiger partial charge is 0.343 e. The van der Waals surface area contributed by atoms with E-state index in [0.29, 0.717) is 16.9 Å². The van der Waals surface area contributed by atoms with Gasteiger partial charge in [-0.15, -0.1) is 11.8 Å². The van der Waals surface area contributed by atoms with Crippen LogP contribution in [-0.4, -0.2) is 16.7 Å². The first kappa shape index (κ1) is 22.8. The molecule has 0 saturated carbocycles. The van der Waals surface area contributed by atoms with Crippen molar-refractivity contribution in [1.82, 2.24) is 0 Å². The Kier molecular flexibility index (Phi) is 5.58. The molecule has 0 bridgehead atoms. The molecule has 0 unspecified atom stereocenters. The summed E-state index contributed by atoms with van der Waals surface area (Å²) in [6.07, 6.45) is 0. The van der Waals surface area contributed by atoms with Crippen LogP contribution >= 0.6 is 11.8 Å². The van der Waals surface area contributed by atoms with Gasteiger partial charge in [0.25, 0.3) is 5.69 Å². The molecule has 6 rings (SSSR count). The van der Waals surface area contributed by atoms with E-state index < -0.39 is 10.9 Å². The van der Waals surface area contributed by atoms with Gasteiger partial charge in [-0.2, -0.15) is 0 Å². The van der Waals surface area contributed by atoms with Gasteiger partial charge in [-0.25, -0.2) is 4.79 Å². The summed E-state index contributed by atoms with van der Waals surface area (Å²) in [7, 11) is 0. The Hall–Kier alpha value is -4.69. The first-order valence-corrected chi connectivity index (χ1v) is 12.3. The standard InChI is InChI=1S/C29H18N2O5S/c32-27-22-9-2-1-8-21(22)26-25(27)28(37-24-11-4-3-10-23(24)30-26)18-6-5-7-20(16-18)36-29(33)17-12-14-19(15-13-17)31(34)35/h1-16,28,30H/t28-/m0/s1. The lowest BCUT2D eigenvalue weighted by atomic mass is 10.0. The SMILES string of the molecule is O=C(Oc1cccc([C@@H]2Sc3ccccc3NC3=C2C(=O)c2ccccc23)c1)c1ccc([N+](=O)[O-])cc1. The van der Waals surface area contributed by atoms with Crippen molar-refractivity contribution < 1.29 is 19.2 Å². The van der Waals surface area contributed by atoms with E-state index in [2.05, 4.69) is 5.32 Å². The van der Waals surface area contributed by atoms with Crippen LogP contribution in [0.2, 0.25) is 0 Å². The van der Waals surface area contributed by atoms with Gasteiger partial charge in [-0.05, 0) is 42.0 Å². The molecule has 0 radical (unpaired) electrons. The lowest BCUT2D eigenvalue weighted by Crippen LogP contribution is -2.10. The maximum Gasteiger partial charge on any atom is 0.343 e. The second kappa shape index (κ2) is 9.07. The van der Waals surface area contributed by atoms with Crippen LogP contribution < -0.4 is 10.1 Å². The first-order valence-electron chi connectivity index (χ1n) is 11.5. The number of esters is 1. The number of ether oxygens (including phenoxy) is 1. The van der Waals surface area contributed by atoms with Crippen molar-refractivity contribution in [3.05, 3.63) is 135 Å². The molecule has 4 aromatic carbocycles. The molecule has 2 aliphatic rings. The lowest BCUT2D eigenvalue weighted by molar-refractivity contribution is -0.384. The summed E-state index contributed by atoms with van der Waals surface area (Å²) >= 11 is 1.56. The lowest BCUT2D eigenvalue weighted by Gasteiger charge is -2.18. The molecular formula is C29H18N2O5S. The van der Waals surface area contributed by atoms with Gasteiger partial charge in [0.05, 0.1) is 27.1 Å². The van der Waals surface area contributed by atoms with E-state index in [0.717, 1.165) is 27.4 Å². The van der Waals surface area contributed by atoms with Gasteiger partial charge in [-0.1, -0.05) is 48.5 Å². The van der Waals surface area contributed by atoms with Crippen LogP contribution in [0.15, 0.2) is 108 Å². The Labute approximate surface area is 215 Å². The van der Waals surface area contributed by atoms with Crippen molar-refractivity contribution in [2.45, 2.75) is 10.1 Å². The van der Waals surface area contributed by atoms with E-state index >= 15 is 0 Å². The molecule has 1 N–H and O–H groups in total. The topological polar surface area (TPSA) is 98.5 Å². The van der Waals surface area contributed by atoms with E-state index in [1.807, 2.05) is 54.6 Å². The number of Topliss-reactive ketones (excluding diaryl/α,β-unsaturated/α-hetero) is 1. The highest BCUT2D eigenvalue weighted by Crippen LogP contribution is 2.52. The number of nitro benzene ring substituents is 1. The third-order valence-electron chi connectivity index (χ3n) is 6.29. The molecule has 180 valence electrons. The zero-order chi connectivity index (χ0) is 25.5. The van der Waals surface area contributed by atoms with Crippen LogP contribution in [-0.2, 0) is 0 Å². The number of rotatable bonds is 4. The summed E-state index contributed by atoms with van der Waals surface area (Å²) in [5, 5.41) is 14.0. The van der Waals surface area contributed by atoms with Crippen molar-refractivity contribution in [3.8, 4) is 5.75 Å². The van der Waals surface area contributed by atoms with E-state index in [1.54, 1.807) is 30.0 Å². The molecule has 1 aliphatic heterocycles. The number of ketones is 1. The Morgan fingerprint density at radius 2 is 1.62 bits per heavy atom. The van der Waals surface area contributed by atoms with Crippen LogP contribution in [0.1, 0.15) is 37.1 Å². The van der Waals surface area contributed by atoms with Crippen LogP contribution in [0.25, 0.3) is 5.70 Å². The average molecular weight is 507 g/mol. The monoisotopic (exact) mass is 506 g/mol. The normalized spacial score (nSPS) is 15.7. The number of nitrogens with zero attached hydrogens (tertiary/aromatic N) is 1. The Bertz CT molecular complexity index is 1630. The number of nitro groups is 1. The summed E-state index contributed by atoms with van der Waals surface area (Å²) < 4.78 is 5.60. The third-order valence-corrected chi connectivity index (χ3v) is 7.65. The molecule has 7 nitrogen and oxygen atoms in total. The quantitative estimate of drug-likeness (QED) is 0.143. The van der Waals surface area contributed by atoms with Crippen molar-refractivity contribution in [2.75, 3.05) is 5.32 Å². The van der Waals surface area contributed by atoms with Crippen LogP contribution in [0.5, 0.6) is 5.75 Å². The summed E-state index contributed by atoms with van der Waals surface area (Å²) in [4.78, 5) is 37.7. The molecule has 4 aromatic rings. The number of non-ortho nitro benzene ring substituents is 1. The van der Waals surface area contributed by atoms with Crippen LogP contribution in [0.4, 0.5) is 11.4 Å². The highest BCUT2D eigenvalue weighted by Gasteiger charge is 2.38. The second-order valence-corrected chi connectivity index (χ2v) is 9.70. The fraction of sp³-hybridized carbons (Fsp3) is 0.0345. The fourth-order valence-corrected chi connectivity index (χ4v) is 5.82. The average Bonchev–Trinajstić information content (AvgIpc) is 3.07. The minimum atomic E-state index is -0.628. The molecule has 0 saturated heterocycles. The number of hydrogen-bond donors (Lipinski definition) is 1. The van der Waals surface area contributed by atoms with Gasteiger partial charge in [0.15, 0.2) is 5.78 Å². The minimum absolute atomic E-state index is 0.0308. The Balaban J connectivity index is 1.37. The van der Waals surface area contributed by atoms with Crippen molar-refractivity contribution in [2.24, 2.45) is 0 Å². The molecule has 1 heterocycles. The number of para-hydroxylation sites is 1. The molecule has 0 aromatic heterocycles. The zero-order valence-electron chi connectivity index (χ0n) is 19.2. The number of hydrogen-bond acceptors (Lipinski definition) is 7. The highest BCUT2D eigenvalue weighted by atomic mass is 32.2. The summed E-state index contributed by atoms with van der Waals surface area (Å²) in [6.45, 7) is 0. The second-order valence-electron chi connectivity index (χ2n) is 8.55. The number of carbonyl (C=O) groups excluding carboxylic acids is 2. The van der Waals surface area contributed by atoms with E-state index in [4.69, 9.17) is 4.74 Å². The van der Waals surface area contributed by atoms with Gasteiger partial charge in [0.1, 0.15) is 5.75 Å². The molecule has 0 amide bonds. The van der Waals surface area contributed by atoms with Gasteiger partial charge in [0, 0.05) is 33.7 Å². The van der Waals surface area contributed by atoms with Gasteiger partial charge in [0.2, 0.25) is 0 Å². The summed E-state index contributed by atoms with van der Waals surface area (Å²) in [5.41, 5.74) is 4.79.